The third-order valence-electron chi connectivity index (χ3n) is 6.29. The quantitative estimate of drug-likeness (QED) is 0.0769. The Labute approximate surface area is 287 Å². The molecule has 1 saturated heterocycles. The van der Waals surface area contributed by atoms with Crippen molar-refractivity contribution < 1.29 is 76.1 Å². The first-order valence-electron chi connectivity index (χ1n) is 16.1. The van der Waals surface area contributed by atoms with E-state index in [1.54, 1.807) is 21.3 Å². The van der Waals surface area contributed by atoms with Crippen LogP contribution in [-0.4, -0.2) is 163 Å². The number of hydroxylamine groups is 2. The third-order valence-corrected chi connectivity index (χ3v) is 6.29. The molecule has 17 heteroatoms. The van der Waals surface area contributed by atoms with E-state index in [-0.39, 0.29) is 75.3 Å². The first-order valence-corrected chi connectivity index (χ1v) is 16.1. The van der Waals surface area contributed by atoms with Gasteiger partial charge in [0.15, 0.2) is 11.5 Å². The molecule has 2 rings (SSSR count). The van der Waals surface area contributed by atoms with Gasteiger partial charge in [-0.25, -0.2) is 4.79 Å². The van der Waals surface area contributed by atoms with Crippen LogP contribution in [0, 0.1) is 0 Å². The fourth-order valence-electron chi connectivity index (χ4n) is 3.86. The standard InChI is InChI=1S/C32H51NO16/c1-37-6-9-40-12-15-43-18-21-46-27-24-26(32(36)49-33-29(34)4-5-30(33)35)25-28(47-22-19-44-16-13-41-10-7-38-2)31(27)48-23-20-45-17-14-42-11-8-39-3/h24-25H,4-23H2,1-3H3. The highest BCUT2D eigenvalue weighted by atomic mass is 16.7. The summed E-state index contributed by atoms with van der Waals surface area (Å²) in [6.07, 6.45) is -0.0877. The van der Waals surface area contributed by atoms with Crippen LogP contribution in [0.5, 0.6) is 17.2 Å². The van der Waals surface area contributed by atoms with Gasteiger partial charge in [0.2, 0.25) is 5.75 Å². The van der Waals surface area contributed by atoms with Gasteiger partial charge in [0.05, 0.1) is 105 Å². The van der Waals surface area contributed by atoms with E-state index in [1.165, 1.54) is 12.1 Å². The maximum Gasteiger partial charge on any atom is 0.364 e. The van der Waals surface area contributed by atoms with Crippen LogP contribution in [0.2, 0.25) is 0 Å². The van der Waals surface area contributed by atoms with Crippen molar-refractivity contribution >= 4 is 17.8 Å². The second kappa shape index (κ2) is 27.7. The van der Waals surface area contributed by atoms with E-state index in [1.807, 2.05) is 0 Å². The number of hydrogen-bond acceptors (Lipinski definition) is 16. The summed E-state index contributed by atoms with van der Waals surface area (Å²) in [5.74, 6) is -1.71. The van der Waals surface area contributed by atoms with Crippen molar-refractivity contribution in [2.45, 2.75) is 12.8 Å². The van der Waals surface area contributed by atoms with Gasteiger partial charge in [-0.15, -0.1) is 5.06 Å². The van der Waals surface area contributed by atoms with Crippen molar-refractivity contribution in [3.63, 3.8) is 0 Å². The summed E-state index contributed by atoms with van der Waals surface area (Å²) in [4.78, 5) is 42.4. The van der Waals surface area contributed by atoms with Gasteiger partial charge in [-0.3, -0.25) is 9.59 Å². The number of imide groups is 1. The molecule has 1 fully saturated rings. The highest BCUT2D eigenvalue weighted by Crippen LogP contribution is 2.39. The van der Waals surface area contributed by atoms with Crippen molar-refractivity contribution in [1.82, 2.24) is 5.06 Å². The number of hydrogen-bond donors (Lipinski definition) is 0. The zero-order chi connectivity index (χ0) is 35.4. The molecule has 280 valence electrons. The molecular weight excluding hydrogens is 654 g/mol. The second-order valence-corrected chi connectivity index (χ2v) is 9.96. The summed E-state index contributed by atoms with van der Waals surface area (Å²) in [7, 11) is 4.78. The average Bonchev–Trinajstić information content (AvgIpc) is 3.42. The van der Waals surface area contributed by atoms with E-state index >= 15 is 0 Å². The summed E-state index contributed by atoms with van der Waals surface area (Å²) >= 11 is 0. The number of carbonyl (C=O) groups excluding carboxylic acids is 3. The maximum atomic E-state index is 13.1. The maximum absolute atomic E-state index is 13.1. The number of carbonyl (C=O) groups is 3. The number of rotatable bonds is 32. The van der Waals surface area contributed by atoms with Gasteiger partial charge in [-0.2, -0.15) is 0 Å². The molecule has 1 aliphatic heterocycles. The Kier molecular flexibility index (Phi) is 23.7. The second-order valence-electron chi connectivity index (χ2n) is 9.96. The van der Waals surface area contributed by atoms with Crippen molar-refractivity contribution in [3.8, 4) is 17.2 Å². The minimum absolute atomic E-state index is 0.0438. The van der Waals surface area contributed by atoms with Gasteiger partial charge in [0, 0.05) is 34.2 Å². The van der Waals surface area contributed by atoms with Crippen LogP contribution in [0.25, 0.3) is 0 Å². The fraction of sp³-hybridized carbons (Fsp3) is 0.719. The molecule has 0 bridgehead atoms. The summed E-state index contributed by atoms with van der Waals surface area (Å²) < 4.78 is 65.7. The lowest BCUT2D eigenvalue weighted by Crippen LogP contribution is -2.32. The van der Waals surface area contributed by atoms with Crippen molar-refractivity contribution in [1.29, 1.82) is 0 Å². The lowest BCUT2D eigenvalue weighted by Gasteiger charge is -2.19. The molecular formula is C32H51NO16. The Bertz CT molecular complexity index is 999. The van der Waals surface area contributed by atoms with Crippen LogP contribution in [0.4, 0.5) is 0 Å². The van der Waals surface area contributed by atoms with E-state index in [2.05, 4.69) is 0 Å². The average molecular weight is 706 g/mol. The van der Waals surface area contributed by atoms with Gasteiger partial charge in [0.1, 0.15) is 19.8 Å². The normalized spacial score (nSPS) is 12.9. The fourth-order valence-corrected chi connectivity index (χ4v) is 3.86. The highest BCUT2D eigenvalue weighted by Gasteiger charge is 2.33. The monoisotopic (exact) mass is 705 g/mol. The van der Waals surface area contributed by atoms with Crippen LogP contribution in [-0.2, 0) is 57.1 Å². The van der Waals surface area contributed by atoms with Crippen molar-refractivity contribution in [3.05, 3.63) is 17.7 Å². The zero-order valence-corrected chi connectivity index (χ0v) is 28.8. The molecule has 1 aromatic carbocycles. The van der Waals surface area contributed by atoms with Crippen molar-refractivity contribution in [2.24, 2.45) is 0 Å². The molecule has 0 spiro atoms. The smallest absolute Gasteiger partial charge is 0.364 e. The van der Waals surface area contributed by atoms with Gasteiger partial charge in [-0.1, -0.05) is 0 Å². The third kappa shape index (κ3) is 18.4. The van der Waals surface area contributed by atoms with Crippen LogP contribution in [0.15, 0.2) is 12.1 Å². The predicted octanol–water partition coefficient (Wildman–Crippen LogP) is 1.08. The molecule has 1 heterocycles. The van der Waals surface area contributed by atoms with Gasteiger partial charge in [0.25, 0.3) is 11.8 Å². The molecule has 1 aliphatic rings. The first-order chi connectivity index (χ1) is 24.0. The Balaban J connectivity index is 2.11. The van der Waals surface area contributed by atoms with Gasteiger partial charge >= 0.3 is 5.97 Å². The molecule has 0 aromatic heterocycles. The van der Waals surface area contributed by atoms with Gasteiger partial charge in [-0.05, 0) is 12.1 Å². The van der Waals surface area contributed by atoms with Crippen LogP contribution >= 0.6 is 0 Å². The van der Waals surface area contributed by atoms with E-state index < -0.39 is 17.8 Å². The Hall–Kier alpha value is -3.13. The molecule has 0 N–H and O–H groups in total. The number of methoxy groups -OCH3 is 3. The number of amides is 2. The molecule has 17 nitrogen and oxygen atoms in total. The Morgan fingerprint density at radius 2 is 0.837 bits per heavy atom. The Morgan fingerprint density at radius 3 is 1.20 bits per heavy atom. The van der Waals surface area contributed by atoms with E-state index in [4.69, 9.17) is 61.7 Å². The summed E-state index contributed by atoms with van der Waals surface area (Å²) in [6, 6.07) is 2.75. The number of nitrogens with zero attached hydrogens (tertiary/aromatic N) is 1. The van der Waals surface area contributed by atoms with Gasteiger partial charge < -0.3 is 61.7 Å². The first kappa shape index (κ1) is 42.0. The minimum Gasteiger partial charge on any atom is -0.487 e. The van der Waals surface area contributed by atoms with Crippen LogP contribution < -0.4 is 14.2 Å². The molecule has 0 saturated carbocycles. The summed E-state index contributed by atoms with van der Waals surface area (Å²) in [5, 5.41) is 0.467. The molecule has 2 amide bonds. The molecule has 0 radical (unpaired) electrons. The summed E-state index contributed by atoms with van der Waals surface area (Å²) in [6.45, 7) is 5.85. The van der Waals surface area contributed by atoms with Crippen LogP contribution in [0.3, 0.4) is 0 Å². The molecule has 0 atom stereocenters. The highest BCUT2D eigenvalue weighted by molar-refractivity contribution is 6.03. The van der Waals surface area contributed by atoms with E-state index in [9.17, 15) is 14.4 Å². The van der Waals surface area contributed by atoms with E-state index in [0.717, 1.165) is 0 Å². The minimum atomic E-state index is -0.962. The topological polar surface area (TPSA) is 174 Å². The zero-order valence-electron chi connectivity index (χ0n) is 28.8. The predicted molar refractivity (Wildman–Crippen MR) is 170 cm³/mol. The van der Waals surface area contributed by atoms with Crippen LogP contribution in [0.1, 0.15) is 23.2 Å². The number of ether oxygens (including phenoxy) is 12. The number of benzene rings is 1. The largest absolute Gasteiger partial charge is 0.487 e. The lowest BCUT2D eigenvalue weighted by molar-refractivity contribution is -0.172. The Morgan fingerprint density at radius 1 is 0.510 bits per heavy atom. The van der Waals surface area contributed by atoms with E-state index in [0.29, 0.717) is 84.3 Å². The summed E-state index contributed by atoms with van der Waals surface area (Å²) in [5.41, 5.74) is -0.0470. The lowest BCUT2D eigenvalue weighted by atomic mass is 10.2. The molecule has 49 heavy (non-hydrogen) atoms. The molecule has 1 aromatic rings. The van der Waals surface area contributed by atoms with Crippen molar-refractivity contribution in [2.75, 3.05) is 140 Å². The molecule has 0 unspecified atom stereocenters. The SMILES string of the molecule is COCCOCCOCCOc1cc(C(=O)ON2C(=O)CCC2=O)cc(OCCOCCOCCOC)c1OCCOCCOCCOC. The molecule has 0 aliphatic carbocycles.